The molecule has 0 unspecified atom stereocenters. The van der Waals surface area contributed by atoms with E-state index in [-0.39, 0.29) is 18.0 Å². The van der Waals surface area contributed by atoms with Crippen LogP contribution in [0.4, 0.5) is 5.95 Å². The number of benzene rings is 2. The third-order valence-electron chi connectivity index (χ3n) is 3.98. The van der Waals surface area contributed by atoms with Crippen molar-refractivity contribution >= 4 is 34.5 Å². The van der Waals surface area contributed by atoms with Crippen LogP contribution in [-0.2, 0) is 11.3 Å². The lowest BCUT2D eigenvalue weighted by Gasteiger charge is -2.06. The number of anilines is 1. The topological polar surface area (TPSA) is 92.7 Å². The van der Waals surface area contributed by atoms with E-state index in [4.69, 9.17) is 11.6 Å². The molecule has 2 N–H and O–H groups in total. The number of hydrogen-bond donors (Lipinski definition) is 2. The summed E-state index contributed by atoms with van der Waals surface area (Å²) in [7, 11) is 0. The lowest BCUT2D eigenvalue weighted by Crippen LogP contribution is -2.27. The van der Waals surface area contributed by atoms with Gasteiger partial charge < -0.3 is 4.98 Å². The van der Waals surface area contributed by atoms with Crippen LogP contribution in [-0.4, -0.2) is 25.4 Å². The van der Waals surface area contributed by atoms with Crippen molar-refractivity contribution in [2.24, 2.45) is 0 Å². The van der Waals surface area contributed by atoms with E-state index in [1.54, 1.807) is 24.3 Å². The van der Waals surface area contributed by atoms with Crippen molar-refractivity contribution in [1.82, 2.24) is 19.5 Å². The summed E-state index contributed by atoms with van der Waals surface area (Å²) < 4.78 is 1.23. The molecular formula is C19H14ClN5O2. The Kier molecular flexibility index (Phi) is 4.43. The van der Waals surface area contributed by atoms with E-state index >= 15 is 0 Å². The molecule has 0 atom stereocenters. The van der Waals surface area contributed by atoms with Crippen LogP contribution in [0.2, 0.25) is 5.02 Å². The summed E-state index contributed by atoms with van der Waals surface area (Å²) in [6.45, 7) is -0.163. The largest absolute Gasteiger partial charge is 0.324 e. The Morgan fingerprint density at radius 1 is 1.15 bits per heavy atom. The van der Waals surface area contributed by atoms with Crippen molar-refractivity contribution < 1.29 is 4.79 Å². The summed E-state index contributed by atoms with van der Waals surface area (Å²) >= 11 is 5.87. The van der Waals surface area contributed by atoms with Gasteiger partial charge in [0.2, 0.25) is 11.9 Å². The number of nitrogens with zero attached hydrogens (tertiary/aromatic N) is 3. The molecule has 0 aliphatic carbocycles. The monoisotopic (exact) mass is 379 g/mol. The average molecular weight is 380 g/mol. The zero-order valence-electron chi connectivity index (χ0n) is 14.0. The third kappa shape index (κ3) is 3.73. The molecule has 134 valence electrons. The van der Waals surface area contributed by atoms with Crippen LogP contribution in [0.3, 0.4) is 0 Å². The molecule has 1 amide bonds. The number of fused-ring (bicyclic) bond motifs is 1. The Balaban J connectivity index is 1.49. The van der Waals surface area contributed by atoms with E-state index < -0.39 is 0 Å². The zero-order valence-corrected chi connectivity index (χ0v) is 14.8. The first-order valence-corrected chi connectivity index (χ1v) is 8.53. The predicted octanol–water partition coefficient (Wildman–Crippen LogP) is 3.08. The van der Waals surface area contributed by atoms with E-state index in [1.165, 1.54) is 17.0 Å². The Hall–Kier alpha value is -3.45. The highest BCUT2D eigenvalue weighted by molar-refractivity contribution is 6.30. The van der Waals surface area contributed by atoms with Crippen LogP contribution in [0, 0.1) is 0 Å². The van der Waals surface area contributed by atoms with Crippen LogP contribution >= 0.6 is 11.6 Å². The van der Waals surface area contributed by atoms with Crippen molar-refractivity contribution in [3.05, 3.63) is 76.3 Å². The Morgan fingerprint density at radius 3 is 2.67 bits per heavy atom. The minimum atomic E-state index is -0.378. The number of carbonyl (C=O) groups is 1. The minimum Gasteiger partial charge on any atom is -0.324 e. The lowest BCUT2D eigenvalue weighted by molar-refractivity contribution is -0.116. The number of amides is 1. The number of aromatic nitrogens is 4. The third-order valence-corrected chi connectivity index (χ3v) is 4.23. The van der Waals surface area contributed by atoms with Gasteiger partial charge in [-0.15, -0.1) is 0 Å². The quantitative estimate of drug-likeness (QED) is 0.570. The van der Waals surface area contributed by atoms with Gasteiger partial charge in [-0.3, -0.25) is 19.5 Å². The zero-order chi connectivity index (χ0) is 18.8. The van der Waals surface area contributed by atoms with Crippen LogP contribution in [0.5, 0.6) is 0 Å². The molecule has 7 nitrogen and oxygen atoms in total. The number of carbonyl (C=O) groups excluding carboxylic acids is 1. The number of aromatic amines is 1. The maximum Gasteiger partial charge on any atom is 0.254 e. The summed E-state index contributed by atoms with van der Waals surface area (Å²) in [5, 5.41) is 3.26. The molecule has 2 aromatic carbocycles. The normalized spacial score (nSPS) is 10.9. The summed E-state index contributed by atoms with van der Waals surface area (Å²) in [6, 6.07) is 15.8. The lowest BCUT2D eigenvalue weighted by atomic mass is 10.1. The second-order valence-corrected chi connectivity index (χ2v) is 6.33. The van der Waals surface area contributed by atoms with E-state index in [0.29, 0.717) is 16.7 Å². The number of rotatable bonds is 4. The molecule has 0 aliphatic rings. The molecule has 2 heterocycles. The summed E-state index contributed by atoms with van der Waals surface area (Å²) in [5.41, 5.74) is 2.54. The van der Waals surface area contributed by atoms with Crippen LogP contribution in [0.1, 0.15) is 0 Å². The first-order chi connectivity index (χ1) is 13.1. The molecule has 0 radical (unpaired) electrons. The standard InChI is InChI=1S/C19H14ClN5O2/c20-13-7-5-12(6-8-13)16-9-18(27)25(11-21-16)10-17(26)24-19-22-14-3-1-2-4-15(14)23-19/h1-9,11H,10H2,(H2,22,23,24,26). The van der Waals surface area contributed by atoms with Gasteiger partial charge in [-0.2, -0.15) is 0 Å². The van der Waals surface area contributed by atoms with E-state index in [1.807, 2.05) is 24.3 Å². The molecule has 27 heavy (non-hydrogen) atoms. The van der Waals surface area contributed by atoms with Gasteiger partial charge in [0.05, 0.1) is 23.1 Å². The minimum absolute atomic E-state index is 0.163. The first kappa shape index (κ1) is 17.0. The van der Waals surface area contributed by atoms with Crippen molar-refractivity contribution in [3.63, 3.8) is 0 Å². The van der Waals surface area contributed by atoms with E-state index in [2.05, 4.69) is 20.3 Å². The molecule has 0 saturated heterocycles. The number of H-pyrrole nitrogens is 1. The van der Waals surface area contributed by atoms with Gasteiger partial charge in [0, 0.05) is 16.7 Å². The van der Waals surface area contributed by atoms with Crippen molar-refractivity contribution in [2.75, 3.05) is 5.32 Å². The van der Waals surface area contributed by atoms with Crippen molar-refractivity contribution in [3.8, 4) is 11.3 Å². The first-order valence-electron chi connectivity index (χ1n) is 8.15. The highest BCUT2D eigenvalue weighted by atomic mass is 35.5. The number of nitrogens with one attached hydrogen (secondary N) is 2. The van der Waals surface area contributed by atoms with Crippen LogP contribution in [0.15, 0.2) is 65.7 Å². The maximum absolute atomic E-state index is 12.3. The smallest absolute Gasteiger partial charge is 0.254 e. The molecule has 8 heteroatoms. The summed E-state index contributed by atoms with van der Waals surface area (Å²) in [6.07, 6.45) is 1.35. The van der Waals surface area contributed by atoms with Gasteiger partial charge in [0.15, 0.2) is 0 Å². The highest BCUT2D eigenvalue weighted by Crippen LogP contribution is 2.18. The Bertz CT molecular complexity index is 1150. The van der Waals surface area contributed by atoms with Gasteiger partial charge in [0.25, 0.3) is 5.56 Å². The summed E-state index contributed by atoms with van der Waals surface area (Å²) in [5.74, 6) is -0.0443. The van der Waals surface area contributed by atoms with Crippen molar-refractivity contribution in [2.45, 2.75) is 6.54 Å². The van der Waals surface area contributed by atoms with E-state index in [9.17, 15) is 9.59 Å². The van der Waals surface area contributed by atoms with Gasteiger partial charge >= 0.3 is 0 Å². The molecule has 0 spiro atoms. The van der Waals surface area contributed by atoms with Gasteiger partial charge in [0.1, 0.15) is 6.54 Å². The van der Waals surface area contributed by atoms with E-state index in [0.717, 1.165) is 16.6 Å². The molecule has 0 fully saturated rings. The second kappa shape index (κ2) is 7.05. The van der Waals surface area contributed by atoms with Gasteiger partial charge in [-0.1, -0.05) is 35.9 Å². The molecule has 2 aromatic heterocycles. The Labute approximate surface area is 158 Å². The van der Waals surface area contributed by atoms with Gasteiger partial charge in [-0.25, -0.2) is 9.97 Å². The number of halogens is 1. The molecule has 4 aromatic rings. The fourth-order valence-electron chi connectivity index (χ4n) is 2.66. The fourth-order valence-corrected chi connectivity index (χ4v) is 2.79. The molecule has 0 aliphatic heterocycles. The SMILES string of the molecule is O=C(Cn1cnc(-c2ccc(Cl)cc2)cc1=O)Nc1nc2ccccc2[nH]1. The molecule has 4 rings (SSSR count). The number of para-hydroxylation sites is 2. The second-order valence-electron chi connectivity index (χ2n) is 5.90. The van der Waals surface area contributed by atoms with Crippen LogP contribution in [0.25, 0.3) is 22.3 Å². The summed E-state index contributed by atoms with van der Waals surface area (Å²) in [4.78, 5) is 36.1. The maximum atomic E-state index is 12.3. The number of imidazole rings is 1. The fraction of sp³-hybridized carbons (Fsp3) is 0.0526. The average Bonchev–Trinajstić information content (AvgIpc) is 3.06. The predicted molar refractivity (Wildman–Crippen MR) is 104 cm³/mol. The van der Waals surface area contributed by atoms with Crippen LogP contribution < -0.4 is 10.9 Å². The number of hydrogen-bond acceptors (Lipinski definition) is 4. The molecule has 0 saturated carbocycles. The van der Waals surface area contributed by atoms with Gasteiger partial charge in [-0.05, 0) is 24.3 Å². The van der Waals surface area contributed by atoms with Crippen molar-refractivity contribution in [1.29, 1.82) is 0 Å². The molecular weight excluding hydrogens is 366 g/mol. The molecule has 0 bridgehead atoms. The highest BCUT2D eigenvalue weighted by Gasteiger charge is 2.10. The Morgan fingerprint density at radius 2 is 1.93 bits per heavy atom.